The average molecular weight is 204 g/mol. The zero-order valence-corrected chi connectivity index (χ0v) is 9.08. The summed E-state index contributed by atoms with van der Waals surface area (Å²) in [6.45, 7) is 0. The molecule has 0 spiro atoms. The molecule has 0 aromatic heterocycles. The van der Waals surface area contributed by atoms with Crippen molar-refractivity contribution in [3.05, 3.63) is 34.9 Å². The number of ether oxygens (including phenoxy) is 1. The number of rotatable bonds is 3. The molecule has 0 unspecified atom stereocenters. The van der Waals surface area contributed by atoms with Gasteiger partial charge in [-0.25, -0.2) is 0 Å². The van der Waals surface area contributed by atoms with Gasteiger partial charge in [-0.3, -0.25) is 4.79 Å². The third kappa shape index (κ3) is 2.20. The molecule has 2 nitrogen and oxygen atoms in total. The highest BCUT2D eigenvalue weighted by molar-refractivity contribution is 5.69. The first-order valence-electron chi connectivity index (χ1n) is 5.47. The SMILES string of the molecule is COC(=O)CCc1cccc2c1CCC2. The molecular weight excluding hydrogens is 188 g/mol. The highest BCUT2D eigenvalue weighted by Gasteiger charge is 2.14. The van der Waals surface area contributed by atoms with Crippen LogP contribution < -0.4 is 0 Å². The van der Waals surface area contributed by atoms with Gasteiger partial charge in [0.2, 0.25) is 0 Å². The van der Waals surface area contributed by atoms with Crippen LogP contribution in [0.5, 0.6) is 0 Å². The molecule has 2 heteroatoms. The summed E-state index contributed by atoms with van der Waals surface area (Å²) in [6.07, 6.45) is 4.93. The first-order chi connectivity index (χ1) is 7.31. The quantitative estimate of drug-likeness (QED) is 0.706. The van der Waals surface area contributed by atoms with Crippen LogP contribution in [0.15, 0.2) is 18.2 Å². The molecule has 1 aliphatic rings. The van der Waals surface area contributed by atoms with Gasteiger partial charge in [0.1, 0.15) is 0 Å². The van der Waals surface area contributed by atoms with Crippen molar-refractivity contribution in [3.8, 4) is 0 Å². The van der Waals surface area contributed by atoms with Crippen LogP contribution in [0.4, 0.5) is 0 Å². The van der Waals surface area contributed by atoms with Crippen molar-refractivity contribution >= 4 is 5.97 Å². The zero-order chi connectivity index (χ0) is 10.7. The van der Waals surface area contributed by atoms with Crippen molar-refractivity contribution in [1.82, 2.24) is 0 Å². The zero-order valence-electron chi connectivity index (χ0n) is 9.08. The summed E-state index contributed by atoms with van der Waals surface area (Å²) in [5, 5.41) is 0. The lowest BCUT2D eigenvalue weighted by molar-refractivity contribution is -0.140. The summed E-state index contributed by atoms with van der Waals surface area (Å²) in [7, 11) is 1.44. The van der Waals surface area contributed by atoms with Crippen molar-refractivity contribution in [1.29, 1.82) is 0 Å². The smallest absolute Gasteiger partial charge is 0.305 e. The molecule has 80 valence electrons. The van der Waals surface area contributed by atoms with E-state index in [4.69, 9.17) is 0 Å². The maximum atomic E-state index is 11.1. The number of carbonyl (C=O) groups is 1. The average Bonchev–Trinajstić information content (AvgIpc) is 2.74. The van der Waals surface area contributed by atoms with Gasteiger partial charge in [-0.2, -0.15) is 0 Å². The topological polar surface area (TPSA) is 26.3 Å². The van der Waals surface area contributed by atoms with E-state index in [0.29, 0.717) is 6.42 Å². The number of fused-ring (bicyclic) bond motifs is 1. The van der Waals surface area contributed by atoms with Gasteiger partial charge in [-0.15, -0.1) is 0 Å². The monoisotopic (exact) mass is 204 g/mol. The van der Waals surface area contributed by atoms with Crippen molar-refractivity contribution in [2.75, 3.05) is 7.11 Å². The Morgan fingerprint density at radius 2 is 2.27 bits per heavy atom. The molecule has 0 saturated carbocycles. The van der Waals surface area contributed by atoms with Crippen LogP contribution in [0.1, 0.15) is 29.5 Å². The van der Waals surface area contributed by atoms with E-state index in [9.17, 15) is 4.79 Å². The molecule has 15 heavy (non-hydrogen) atoms. The van der Waals surface area contributed by atoms with Crippen LogP contribution in [0, 0.1) is 0 Å². The van der Waals surface area contributed by atoms with Crippen LogP contribution in [-0.2, 0) is 28.8 Å². The Balaban J connectivity index is 2.09. The Bertz CT molecular complexity index is 369. The van der Waals surface area contributed by atoms with E-state index in [2.05, 4.69) is 22.9 Å². The lowest BCUT2D eigenvalue weighted by atomic mass is 10.00. The second kappa shape index (κ2) is 4.47. The molecular formula is C13H16O2. The summed E-state index contributed by atoms with van der Waals surface area (Å²) >= 11 is 0. The number of esters is 1. The van der Waals surface area contributed by atoms with Gasteiger partial charge < -0.3 is 4.74 Å². The molecule has 2 rings (SSSR count). The van der Waals surface area contributed by atoms with E-state index >= 15 is 0 Å². The number of carbonyl (C=O) groups excluding carboxylic acids is 1. The van der Waals surface area contributed by atoms with E-state index < -0.39 is 0 Å². The first kappa shape index (κ1) is 10.2. The number of hydrogen-bond donors (Lipinski definition) is 0. The van der Waals surface area contributed by atoms with Gasteiger partial charge in [0.15, 0.2) is 0 Å². The largest absolute Gasteiger partial charge is 0.469 e. The van der Waals surface area contributed by atoms with Crippen molar-refractivity contribution in [3.63, 3.8) is 0 Å². The fraction of sp³-hybridized carbons (Fsp3) is 0.462. The highest BCUT2D eigenvalue weighted by atomic mass is 16.5. The maximum Gasteiger partial charge on any atom is 0.305 e. The number of methoxy groups -OCH3 is 1. The van der Waals surface area contributed by atoms with Crippen LogP contribution in [-0.4, -0.2) is 13.1 Å². The van der Waals surface area contributed by atoms with E-state index in [0.717, 1.165) is 6.42 Å². The minimum Gasteiger partial charge on any atom is -0.469 e. The standard InChI is InChI=1S/C13H16O2/c1-15-13(14)9-8-11-5-2-4-10-6-3-7-12(10)11/h2,4-5H,3,6-9H2,1H3. The molecule has 0 saturated heterocycles. The molecule has 0 amide bonds. The fourth-order valence-corrected chi connectivity index (χ4v) is 2.27. The maximum absolute atomic E-state index is 11.1. The molecule has 1 aliphatic carbocycles. The number of aryl methyl sites for hydroxylation is 2. The molecule has 0 heterocycles. The number of benzene rings is 1. The van der Waals surface area contributed by atoms with Crippen LogP contribution in [0.2, 0.25) is 0 Å². The Labute approximate surface area is 90.3 Å². The van der Waals surface area contributed by atoms with Gasteiger partial charge in [-0.1, -0.05) is 18.2 Å². The molecule has 0 atom stereocenters. The van der Waals surface area contributed by atoms with Gasteiger partial charge in [0.25, 0.3) is 0 Å². The Hall–Kier alpha value is -1.31. The minimum absolute atomic E-state index is 0.120. The van der Waals surface area contributed by atoms with Crippen molar-refractivity contribution < 1.29 is 9.53 Å². The normalized spacial score (nSPS) is 13.7. The van der Waals surface area contributed by atoms with Gasteiger partial charge in [-0.05, 0) is 42.4 Å². The molecule has 0 radical (unpaired) electrons. The summed E-state index contributed by atoms with van der Waals surface area (Å²) in [5.41, 5.74) is 4.27. The Morgan fingerprint density at radius 3 is 3.07 bits per heavy atom. The van der Waals surface area contributed by atoms with Crippen molar-refractivity contribution in [2.45, 2.75) is 32.1 Å². The Morgan fingerprint density at radius 1 is 1.40 bits per heavy atom. The van der Waals surface area contributed by atoms with E-state index in [1.165, 1.54) is 43.1 Å². The Kier molecular flexibility index (Phi) is 3.05. The van der Waals surface area contributed by atoms with Gasteiger partial charge in [0.05, 0.1) is 7.11 Å². The molecule has 0 bridgehead atoms. The van der Waals surface area contributed by atoms with E-state index in [1.54, 1.807) is 0 Å². The van der Waals surface area contributed by atoms with Gasteiger partial charge >= 0.3 is 5.97 Å². The number of hydrogen-bond acceptors (Lipinski definition) is 2. The predicted octanol–water partition coefficient (Wildman–Crippen LogP) is 2.28. The van der Waals surface area contributed by atoms with E-state index in [1.807, 2.05) is 0 Å². The lowest BCUT2D eigenvalue weighted by Crippen LogP contribution is -2.03. The van der Waals surface area contributed by atoms with E-state index in [-0.39, 0.29) is 5.97 Å². The summed E-state index contributed by atoms with van der Waals surface area (Å²) in [6, 6.07) is 6.42. The van der Waals surface area contributed by atoms with Crippen LogP contribution >= 0.6 is 0 Å². The molecule has 0 N–H and O–H groups in total. The summed E-state index contributed by atoms with van der Waals surface area (Å²) < 4.78 is 4.65. The third-order valence-electron chi connectivity index (χ3n) is 3.07. The van der Waals surface area contributed by atoms with Crippen LogP contribution in [0.25, 0.3) is 0 Å². The second-order valence-corrected chi connectivity index (χ2v) is 3.98. The lowest BCUT2D eigenvalue weighted by Gasteiger charge is -2.07. The highest BCUT2D eigenvalue weighted by Crippen LogP contribution is 2.25. The van der Waals surface area contributed by atoms with Crippen LogP contribution in [0.3, 0.4) is 0 Å². The second-order valence-electron chi connectivity index (χ2n) is 3.98. The fourth-order valence-electron chi connectivity index (χ4n) is 2.27. The molecule has 0 fully saturated rings. The first-order valence-corrected chi connectivity index (χ1v) is 5.47. The predicted molar refractivity (Wildman–Crippen MR) is 58.8 cm³/mol. The van der Waals surface area contributed by atoms with Gasteiger partial charge in [0, 0.05) is 6.42 Å². The minimum atomic E-state index is -0.120. The van der Waals surface area contributed by atoms with Crippen molar-refractivity contribution in [2.24, 2.45) is 0 Å². The summed E-state index contributed by atoms with van der Waals surface area (Å²) in [5.74, 6) is -0.120. The molecule has 0 aliphatic heterocycles. The summed E-state index contributed by atoms with van der Waals surface area (Å²) in [4.78, 5) is 11.1. The molecule has 1 aromatic rings. The third-order valence-corrected chi connectivity index (χ3v) is 3.07. The molecule has 1 aromatic carbocycles.